The SMILES string of the molecule is O=C1CC(c2ccc(F)c(Br)c2)=NN1. The van der Waals surface area contributed by atoms with Crippen molar-refractivity contribution in [2.75, 3.05) is 0 Å². The summed E-state index contributed by atoms with van der Waals surface area (Å²) < 4.78 is 13.3. The van der Waals surface area contributed by atoms with Crippen LogP contribution in [0.4, 0.5) is 4.39 Å². The van der Waals surface area contributed by atoms with E-state index in [9.17, 15) is 9.18 Å². The molecule has 0 radical (unpaired) electrons. The summed E-state index contributed by atoms with van der Waals surface area (Å²) in [5.41, 5.74) is 3.72. The molecule has 3 nitrogen and oxygen atoms in total. The predicted molar refractivity (Wildman–Crippen MR) is 53.4 cm³/mol. The number of halogens is 2. The van der Waals surface area contributed by atoms with Gasteiger partial charge in [-0.3, -0.25) is 4.79 Å². The van der Waals surface area contributed by atoms with Gasteiger partial charge in [0.05, 0.1) is 16.6 Å². The van der Waals surface area contributed by atoms with E-state index in [0.717, 1.165) is 5.56 Å². The number of carbonyl (C=O) groups excluding carboxylic acids is 1. The summed E-state index contributed by atoms with van der Waals surface area (Å²) in [6, 6.07) is 4.54. The summed E-state index contributed by atoms with van der Waals surface area (Å²) in [6.45, 7) is 0. The lowest BCUT2D eigenvalue weighted by Gasteiger charge is -1.99. The molecular weight excluding hydrogens is 251 g/mol. The summed E-state index contributed by atoms with van der Waals surface area (Å²) in [4.78, 5) is 10.9. The van der Waals surface area contributed by atoms with E-state index in [-0.39, 0.29) is 18.1 Å². The first-order valence-electron chi connectivity index (χ1n) is 3.97. The standard InChI is InChI=1S/C9H6BrFN2O/c10-6-3-5(1-2-7(6)11)8-4-9(14)13-12-8/h1-3H,4H2,(H,13,14). The average molecular weight is 257 g/mol. The number of benzene rings is 1. The van der Waals surface area contributed by atoms with Gasteiger partial charge in [-0.05, 0) is 33.6 Å². The molecule has 1 amide bonds. The van der Waals surface area contributed by atoms with Crippen LogP contribution < -0.4 is 5.43 Å². The Morgan fingerprint density at radius 1 is 1.50 bits per heavy atom. The average Bonchev–Trinajstić information content (AvgIpc) is 2.57. The molecule has 0 bridgehead atoms. The quantitative estimate of drug-likeness (QED) is 0.819. The van der Waals surface area contributed by atoms with Crippen LogP contribution in [-0.4, -0.2) is 11.6 Å². The van der Waals surface area contributed by atoms with Crippen molar-refractivity contribution in [3.63, 3.8) is 0 Å². The second-order valence-corrected chi connectivity index (χ2v) is 3.75. The first-order chi connectivity index (χ1) is 6.66. The van der Waals surface area contributed by atoms with Crippen molar-refractivity contribution in [3.8, 4) is 0 Å². The molecule has 0 atom stereocenters. The fourth-order valence-electron chi connectivity index (χ4n) is 1.20. The van der Waals surface area contributed by atoms with E-state index in [1.807, 2.05) is 0 Å². The molecule has 1 aliphatic rings. The molecule has 0 fully saturated rings. The van der Waals surface area contributed by atoms with E-state index >= 15 is 0 Å². The number of rotatable bonds is 1. The van der Waals surface area contributed by atoms with Gasteiger partial charge in [0.2, 0.25) is 5.91 Å². The fraction of sp³-hybridized carbons (Fsp3) is 0.111. The van der Waals surface area contributed by atoms with Gasteiger partial charge in [-0.2, -0.15) is 5.10 Å². The van der Waals surface area contributed by atoms with Crippen LogP contribution >= 0.6 is 15.9 Å². The number of hydrogen-bond acceptors (Lipinski definition) is 2. The Kier molecular flexibility index (Phi) is 2.33. The lowest BCUT2D eigenvalue weighted by molar-refractivity contribution is -0.119. The molecule has 2 rings (SSSR count). The number of nitrogens with one attached hydrogen (secondary N) is 1. The molecule has 1 aliphatic heterocycles. The third-order valence-electron chi connectivity index (χ3n) is 1.90. The number of amides is 1. The van der Waals surface area contributed by atoms with Gasteiger partial charge < -0.3 is 0 Å². The molecule has 0 saturated heterocycles. The molecule has 5 heteroatoms. The summed E-state index contributed by atoms with van der Waals surface area (Å²) in [5.74, 6) is -0.466. The normalized spacial score (nSPS) is 15.3. The second-order valence-electron chi connectivity index (χ2n) is 2.90. The Bertz CT molecular complexity index is 431. The Labute approximate surface area is 88.1 Å². The van der Waals surface area contributed by atoms with Gasteiger partial charge in [0.25, 0.3) is 0 Å². The number of nitrogens with zero attached hydrogens (tertiary/aromatic N) is 1. The Balaban J connectivity index is 2.34. The smallest absolute Gasteiger partial charge is 0.246 e. The number of hydrazone groups is 1. The van der Waals surface area contributed by atoms with Crippen LogP contribution in [0.25, 0.3) is 0 Å². The zero-order valence-electron chi connectivity index (χ0n) is 7.05. The van der Waals surface area contributed by atoms with Crippen LogP contribution in [-0.2, 0) is 4.79 Å². The first-order valence-corrected chi connectivity index (χ1v) is 4.77. The minimum absolute atomic E-state index is 0.138. The van der Waals surface area contributed by atoms with Crippen LogP contribution in [0.15, 0.2) is 27.8 Å². The third-order valence-corrected chi connectivity index (χ3v) is 2.50. The van der Waals surface area contributed by atoms with E-state index in [1.54, 1.807) is 12.1 Å². The Morgan fingerprint density at radius 3 is 2.86 bits per heavy atom. The van der Waals surface area contributed by atoms with Gasteiger partial charge in [-0.15, -0.1) is 0 Å². The van der Waals surface area contributed by atoms with Crippen LogP contribution in [0.5, 0.6) is 0 Å². The van der Waals surface area contributed by atoms with Gasteiger partial charge in [0, 0.05) is 0 Å². The van der Waals surface area contributed by atoms with E-state index < -0.39 is 0 Å². The summed E-state index contributed by atoms with van der Waals surface area (Å²) in [5, 5.41) is 3.83. The maximum atomic E-state index is 12.9. The lowest BCUT2D eigenvalue weighted by atomic mass is 10.1. The van der Waals surface area contributed by atoms with E-state index in [1.165, 1.54) is 6.07 Å². The van der Waals surface area contributed by atoms with Crippen molar-refractivity contribution in [1.82, 2.24) is 5.43 Å². The maximum Gasteiger partial charge on any atom is 0.246 e. The molecule has 0 aliphatic carbocycles. The second kappa shape index (κ2) is 3.49. The summed E-state index contributed by atoms with van der Waals surface area (Å²) in [6.07, 6.45) is 0.248. The molecule has 1 aromatic rings. The molecule has 0 spiro atoms. The molecule has 0 unspecified atom stereocenters. The van der Waals surface area contributed by atoms with Gasteiger partial charge >= 0.3 is 0 Å². The zero-order chi connectivity index (χ0) is 10.1. The highest BCUT2D eigenvalue weighted by Crippen LogP contribution is 2.18. The Hall–Kier alpha value is -1.23. The van der Waals surface area contributed by atoms with Crippen LogP contribution in [0.3, 0.4) is 0 Å². The summed E-state index contributed by atoms with van der Waals surface area (Å²) in [7, 11) is 0. The first kappa shape index (κ1) is 9.33. The van der Waals surface area contributed by atoms with Crippen molar-refractivity contribution in [1.29, 1.82) is 0 Å². The highest BCUT2D eigenvalue weighted by atomic mass is 79.9. The zero-order valence-corrected chi connectivity index (χ0v) is 8.64. The summed E-state index contributed by atoms with van der Waals surface area (Å²) >= 11 is 3.07. The van der Waals surface area contributed by atoms with Crippen molar-refractivity contribution in [2.24, 2.45) is 5.10 Å². The van der Waals surface area contributed by atoms with Crippen molar-refractivity contribution < 1.29 is 9.18 Å². The van der Waals surface area contributed by atoms with Crippen LogP contribution in [0.2, 0.25) is 0 Å². The minimum atomic E-state index is -0.327. The van der Waals surface area contributed by atoms with Crippen molar-refractivity contribution in [3.05, 3.63) is 34.1 Å². The van der Waals surface area contributed by atoms with Gasteiger partial charge in [-0.25, -0.2) is 9.82 Å². The lowest BCUT2D eigenvalue weighted by Crippen LogP contribution is -2.09. The number of hydrogen-bond donors (Lipinski definition) is 1. The molecule has 72 valence electrons. The predicted octanol–water partition coefficient (Wildman–Crippen LogP) is 1.81. The van der Waals surface area contributed by atoms with Crippen LogP contribution in [0.1, 0.15) is 12.0 Å². The third kappa shape index (κ3) is 1.68. The van der Waals surface area contributed by atoms with Gasteiger partial charge in [0.15, 0.2) is 0 Å². The highest BCUT2D eigenvalue weighted by molar-refractivity contribution is 9.10. The van der Waals surface area contributed by atoms with E-state index in [4.69, 9.17) is 0 Å². The van der Waals surface area contributed by atoms with E-state index in [2.05, 4.69) is 26.5 Å². The van der Waals surface area contributed by atoms with Crippen molar-refractivity contribution >= 4 is 27.5 Å². The van der Waals surface area contributed by atoms with Gasteiger partial charge in [0.1, 0.15) is 5.82 Å². The minimum Gasteiger partial charge on any atom is -0.273 e. The topological polar surface area (TPSA) is 41.5 Å². The van der Waals surface area contributed by atoms with E-state index in [0.29, 0.717) is 10.2 Å². The van der Waals surface area contributed by atoms with Crippen molar-refractivity contribution in [2.45, 2.75) is 6.42 Å². The maximum absolute atomic E-state index is 12.9. The molecule has 14 heavy (non-hydrogen) atoms. The molecule has 0 saturated carbocycles. The molecule has 0 aromatic heterocycles. The highest BCUT2D eigenvalue weighted by Gasteiger charge is 2.16. The van der Waals surface area contributed by atoms with Gasteiger partial charge in [-0.1, -0.05) is 6.07 Å². The molecule has 1 heterocycles. The Morgan fingerprint density at radius 2 is 2.29 bits per heavy atom. The molecule has 1 N–H and O–H groups in total. The monoisotopic (exact) mass is 256 g/mol. The number of carbonyl (C=O) groups is 1. The molecular formula is C9H6BrFN2O. The largest absolute Gasteiger partial charge is 0.273 e. The fourth-order valence-corrected chi connectivity index (χ4v) is 1.58. The van der Waals surface area contributed by atoms with Crippen LogP contribution in [0, 0.1) is 5.82 Å². The molecule has 1 aromatic carbocycles.